The smallest absolute Gasteiger partial charge is 0.263 e. The number of methoxy groups -OCH3 is 1. The highest BCUT2D eigenvalue weighted by molar-refractivity contribution is 7.17. The van der Waals surface area contributed by atoms with E-state index in [1.807, 2.05) is 17.5 Å². The highest BCUT2D eigenvalue weighted by Crippen LogP contribution is 2.31. The summed E-state index contributed by atoms with van der Waals surface area (Å²) in [4.78, 5) is 30.4. The summed E-state index contributed by atoms with van der Waals surface area (Å²) in [5, 5.41) is 5.78. The molecule has 0 aliphatic heterocycles. The Labute approximate surface area is 175 Å². The Balaban J connectivity index is 1.61. The van der Waals surface area contributed by atoms with Crippen molar-refractivity contribution < 1.29 is 9.53 Å². The third kappa shape index (κ3) is 4.01. The van der Waals surface area contributed by atoms with Crippen LogP contribution in [0.15, 0.2) is 65.0 Å². The maximum Gasteiger partial charge on any atom is 0.263 e. The van der Waals surface area contributed by atoms with Crippen molar-refractivity contribution in [3.8, 4) is 16.9 Å². The molecule has 0 radical (unpaired) electrons. The topological polar surface area (TPSA) is 73.2 Å². The third-order valence-electron chi connectivity index (χ3n) is 4.40. The fourth-order valence-corrected chi connectivity index (χ4v) is 3.98. The predicted octanol–water partition coefficient (Wildman–Crippen LogP) is 4.43. The van der Waals surface area contributed by atoms with Crippen LogP contribution >= 0.6 is 22.9 Å². The van der Waals surface area contributed by atoms with Crippen LogP contribution < -0.4 is 15.6 Å². The zero-order valence-corrected chi connectivity index (χ0v) is 17.0. The number of rotatable bonds is 5. The first-order chi connectivity index (χ1) is 14.0. The van der Waals surface area contributed by atoms with Crippen LogP contribution in [-0.4, -0.2) is 22.6 Å². The van der Waals surface area contributed by atoms with E-state index in [9.17, 15) is 9.59 Å². The highest BCUT2D eigenvalue weighted by Gasteiger charge is 2.15. The lowest BCUT2D eigenvalue weighted by molar-refractivity contribution is -0.116. The van der Waals surface area contributed by atoms with Gasteiger partial charge in [-0.15, -0.1) is 11.3 Å². The number of carbonyl (C=O) groups is 1. The number of ether oxygens (including phenoxy) is 1. The van der Waals surface area contributed by atoms with E-state index in [1.165, 1.54) is 22.2 Å². The lowest BCUT2D eigenvalue weighted by Gasteiger charge is -2.08. The molecular weight excluding hydrogens is 410 g/mol. The largest absolute Gasteiger partial charge is 0.497 e. The number of hydrogen-bond acceptors (Lipinski definition) is 5. The average Bonchev–Trinajstić information content (AvgIpc) is 3.16. The fraction of sp³-hybridized carbons (Fsp3) is 0.0952. The van der Waals surface area contributed by atoms with E-state index in [2.05, 4.69) is 10.3 Å². The van der Waals surface area contributed by atoms with Gasteiger partial charge in [0.2, 0.25) is 5.91 Å². The van der Waals surface area contributed by atoms with Crippen LogP contribution in [0.1, 0.15) is 0 Å². The van der Waals surface area contributed by atoms with Gasteiger partial charge in [-0.2, -0.15) is 0 Å². The van der Waals surface area contributed by atoms with E-state index in [1.54, 1.807) is 43.5 Å². The number of thiophene rings is 1. The molecule has 0 saturated carbocycles. The first-order valence-corrected chi connectivity index (χ1v) is 9.97. The second-order valence-corrected chi connectivity index (χ2v) is 7.59. The van der Waals surface area contributed by atoms with Crippen LogP contribution in [0.5, 0.6) is 5.75 Å². The van der Waals surface area contributed by atoms with Gasteiger partial charge in [0.25, 0.3) is 5.56 Å². The zero-order valence-electron chi connectivity index (χ0n) is 15.4. The van der Waals surface area contributed by atoms with E-state index >= 15 is 0 Å². The summed E-state index contributed by atoms with van der Waals surface area (Å²) in [6, 6.07) is 14.2. The monoisotopic (exact) mass is 425 g/mol. The van der Waals surface area contributed by atoms with Crippen molar-refractivity contribution in [1.82, 2.24) is 9.55 Å². The summed E-state index contributed by atoms with van der Waals surface area (Å²) in [6.45, 7) is -0.135. The Morgan fingerprint density at radius 2 is 1.90 bits per heavy atom. The second-order valence-electron chi connectivity index (χ2n) is 6.29. The first-order valence-electron chi connectivity index (χ1n) is 8.71. The van der Waals surface area contributed by atoms with Gasteiger partial charge in [0.1, 0.15) is 17.1 Å². The summed E-state index contributed by atoms with van der Waals surface area (Å²) in [6.07, 6.45) is 1.40. The highest BCUT2D eigenvalue weighted by atomic mass is 35.5. The van der Waals surface area contributed by atoms with Gasteiger partial charge < -0.3 is 10.1 Å². The number of hydrogen-bond donors (Lipinski definition) is 1. The molecule has 146 valence electrons. The molecule has 1 amide bonds. The number of anilines is 1. The maximum atomic E-state index is 13.0. The average molecular weight is 426 g/mol. The van der Waals surface area contributed by atoms with Gasteiger partial charge in [-0.1, -0.05) is 23.7 Å². The van der Waals surface area contributed by atoms with Gasteiger partial charge in [0.05, 0.1) is 18.8 Å². The minimum Gasteiger partial charge on any atom is -0.497 e. The van der Waals surface area contributed by atoms with Crippen LogP contribution in [-0.2, 0) is 11.3 Å². The number of nitrogens with one attached hydrogen (secondary N) is 1. The Kier molecular flexibility index (Phi) is 5.33. The Bertz CT molecular complexity index is 1230. The predicted molar refractivity (Wildman–Crippen MR) is 116 cm³/mol. The summed E-state index contributed by atoms with van der Waals surface area (Å²) in [5.74, 6) is 0.378. The minimum atomic E-state index is -0.318. The van der Waals surface area contributed by atoms with Crippen LogP contribution in [0, 0.1) is 0 Å². The lowest BCUT2D eigenvalue weighted by Crippen LogP contribution is -2.27. The van der Waals surface area contributed by atoms with Gasteiger partial charge in [0.15, 0.2) is 0 Å². The number of amides is 1. The van der Waals surface area contributed by atoms with Crippen molar-refractivity contribution >= 4 is 44.7 Å². The van der Waals surface area contributed by atoms with E-state index in [-0.39, 0.29) is 18.0 Å². The number of carbonyl (C=O) groups excluding carboxylic acids is 1. The van der Waals surface area contributed by atoms with Crippen molar-refractivity contribution in [2.45, 2.75) is 6.54 Å². The summed E-state index contributed by atoms with van der Waals surface area (Å²) in [5.41, 5.74) is 2.02. The van der Waals surface area contributed by atoms with Crippen molar-refractivity contribution in [3.05, 3.63) is 75.6 Å². The number of fused-ring (bicyclic) bond motifs is 1. The molecule has 0 fully saturated rings. The molecule has 0 unspecified atom stereocenters. The molecule has 4 rings (SSSR count). The molecule has 1 N–H and O–H groups in total. The molecular formula is C21H16ClN3O3S. The quantitative estimate of drug-likeness (QED) is 0.513. The molecule has 0 aliphatic rings. The number of halogens is 1. The standard InChI is InChI=1S/C21H16ClN3O3S/c1-28-16-8-6-15(7-9-16)24-18(26)10-25-12-23-20-19(21(25)27)17(11-29-20)13-2-4-14(22)5-3-13/h2-9,11-12H,10H2,1H3,(H,24,26). The number of aromatic nitrogens is 2. The molecule has 0 bridgehead atoms. The molecule has 2 aromatic heterocycles. The minimum absolute atomic E-state index is 0.135. The Morgan fingerprint density at radius 1 is 1.17 bits per heavy atom. The van der Waals surface area contributed by atoms with E-state index in [4.69, 9.17) is 16.3 Å². The first kappa shape index (κ1) is 19.2. The van der Waals surface area contributed by atoms with Crippen molar-refractivity contribution in [1.29, 1.82) is 0 Å². The van der Waals surface area contributed by atoms with Gasteiger partial charge in [-0.05, 0) is 42.0 Å². The van der Waals surface area contributed by atoms with Crippen molar-refractivity contribution in [2.24, 2.45) is 0 Å². The summed E-state index contributed by atoms with van der Waals surface area (Å²) < 4.78 is 6.41. The third-order valence-corrected chi connectivity index (χ3v) is 5.54. The van der Waals surface area contributed by atoms with Gasteiger partial charge in [0, 0.05) is 21.7 Å². The van der Waals surface area contributed by atoms with E-state index in [0.29, 0.717) is 26.7 Å². The molecule has 4 aromatic rings. The van der Waals surface area contributed by atoms with E-state index in [0.717, 1.165) is 11.1 Å². The zero-order chi connectivity index (χ0) is 20.4. The van der Waals surface area contributed by atoms with Gasteiger partial charge in [-0.3, -0.25) is 14.2 Å². The number of nitrogens with zero attached hydrogens (tertiary/aromatic N) is 2. The van der Waals surface area contributed by atoms with Crippen molar-refractivity contribution in [2.75, 3.05) is 12.4 Å². The van der Waals surface area contributed by atoms with Gasteiger partial charge >= 0.3 is 0 Å². The molecule has 0 aliphatic carbocycles. The molecule has 8 heteroatoms. The molecule has 0 spiro atoms. The molecule has 0 atom stereocenters. The SMILES string of the molecule is COc1ccc(NC(=O)Cn2cnc3scc(-c4ccc(Cl)cc4)c3c2=O)cc1. The van der Waals surface area contributed by atoms with E-state index < -0.39 is 0 Å². The Hall–Kier alpha value is -3.16. The summed E-state index contributed by atoms with van der Waals surface area (Å²) in [7, 11) is 1.58. The molecule has 2 heterocycles. The number of benzene rings is 2. The van der Waals surface area contributed by atoms with Crippen molar-refractivity contribution in [3.63, 3.8) is 0 Å². The second kappa shape index (κ2) is 8.06. The summed E-state index contributed by atoms with van der Waals surface area (Å²) >= 11 is 7.35. The maximum absolute atomic E-state index is 13.0. The fourth-order valence-electron chi connectivity index (χ4n) is 2.95. The Morgan fingerprint density at radius 3 is 2.59 bits per heavy atom. The molecule has 6 nitrogen and oxygen atoms in total. The van der Waals surface area contributed by atoms with Crippen LogP contribution in [0.2, 0.25) is 5.02 Å². The molecule has 2 aromatic carbocycles. The van der Waals surface area contributed by atoms with Crippen LogP contribution in [0.3, 0.4) is 0 Å². The molecule has 0 saturated heterocycles. The van der Waals surface area contributed by atoms with Gasteiger partial charge in [-0.25, -0.2) is 4.98 Å². The molecule has 29 heavy (non-hydrogen) atoms. The van der Waals surface area contributed by atoms with Crippen LogP contribution in [0.25, 0.3) is 21.3 Å². The normalized spacial score (nSPS) is 10.8. The van der Waals surface area contributed by atoms with Crippen LogP contribution in [0.4, 0.5) is 5.69 Å². The lowest BCUT2D eigenvalue weighted by atomic mass is 10.1.